The van der Waals surface area contributed by atoms with Gasteiger partial charge in [-0.3, -0.25) is 14.5 Å². The Labute approximate surface area is 161 Å². The number of hydrogen-bond donors (Lipinski definition) is 0. The number of nitro benzene ring substituents is 1. The first-order valence-electron chi connectivity index (χ1n) is 8.88. The number of fused-ring (bicyclic) bond motifs is 1. The average molecular weight is 401 g/mol. The maximum Gasteiger partial charge on any atom is 0.311 e. The quantitative estimate of drug-likeness (QED) is 0.487. The number of anilines is 1. The van der Waals surface area contributed by atoms with Crippen LogP contribution >= 0.6 is 0 Å². The van der Waals surface area contributed by atoms with Crippen LogP contribution in [0, 0.1) is 10.1 Å². The van der Waals surface area contributed by atoms with E-state index in [1.54, 1.807) is 12.1 Å². The second-order valence-corrected chi connectivity index (χ2v) is 8.91. The Hall–Kier alpha value is -3.01. The fraction of sp³-hybridized carbons (Fsp3) is 0.333. The van der Waals surface area contributed by atoms with Gasteiger partial charge in [0.05, 0.1) is 4.92 Å². The lowest BCUT2D eigenvalue weighted by atomic mass is 9.96. The van der Waals surface area contributed by atoms with Crippen molar-refractivity contribution in [2.24, 2.45) is 0 Å². The molecule has 1 atom stereocenters. The average Bonchev–Trinajstić information content (AvgIpc) is 3.11. The molecule has 3 heterocycles. The van der Waals surface area contributed by atoms with Gasteiger partial charge in [0.1, 0.15) is 16.4 Å². The number of para-hydroxylation sites is 1. The summed E-state index contributed by atoms with van der Waals surface area (Å²) in [6.45, 7) is 1.12. The fourth-order valence-corrected chi connectivity index (χ4v) is 4.65. The van der Waals surface area contributed by atoms with Crippen LogP contribution in [0.1, 0.15) is 24.6 Å². The first-order chi connectivity index (χ1) is 13.4. The lowest BCUT2D eigenvalue weighted by molar-refractivity contribution is -0.387. The Morgan fingerprint density at radius 1 is 1.18 bits per heavy atom. The number of nitrogens with zero attached hydrogens (tertiary/aromatic N) is 5. The molecule has 146 valence electrons. The molecule has 0 spiro atoms. The number of sulfone groups is 1. The second-order valence-electron chi connectivity index (χ2n) is 6.93. The summed E-state index contributed by atoms with van der Waals surface area (Å²) in [5.74, 6) is 0.842. The second kappa shape index (κ2) is 6.86. The van der Waals surface area contributed by atoms with Gasteiger partial charge in [0, 0.05) is 31.5 Å². The van der Waals surface area contributed by atoms with E-state index < -0.39 is 14.8 Å². The monoisotopic (exact) mass is 401 g/mol. The van der Waals surface area contributed by atoms with Gasteiger partial charge in [-0.05, 0) is 37.1 Å². The smallest absolute Gasteiger partial charge is 0.311 e. The molecule has 1 saturated heterocycles. The highest BCUT2D eigenvalue weighted by Gasteiger charge is 2.32. The number of pyridine rings is 1. The summed E-state index contributed by atoms with van der Waals surface area (Å²) >= 11 is 0. The van der Waals surface area contributed by atoms with Gasteiger partial charge in [-0.15, -0.1) is 10.2 Å². The van der Waals surface area contributed by atoms with Crippen LogP contribution < -0.4 is 4.90 Å². The molecule has 0 amide bonds. The minimum absolute atomic E-state index is 0.0349. The van der Waals surface area contributed by atoms with E-state index in [0.717, 1.165) is 30.6 Å². The highest BCUT2D eigenvalue weighted by Crippen LogP contribution is 2.38. The molecule has 9 nitrogen and oxygen atoms in total. The summed E-state index contributed by atoms with van der Waals surface area (Å²) < 4.78 is 26.0. The van der Waals surface area contributed by atoms with E-state index in [2.05, 4.69) is 10.2 Å². The molecule has 0 radical (unpaired) electrons. The summed E-state index contributed by atoms with van der Waals surface area (Å²) in [4.78, 5) is 12.7. The molecule has 1 aromatic carbocycles. The van der Waals surface area contributed by atoms with Crippen LogP contribution in [0.15, 0.2) is 47.5 Å². The number of piperidine rings is 1. The molecule has 1 unspecified atom stereocenters. The predicted molar refractivity (Wildman–Crippen MR) is 103 cm³/mol. The van der Waals surface area contributed by atoms with Crippen LogP contribution in [0.5, 0.6) is 0 Å². The zero-order chi connectivity index (χ0) is 19.9. The zero-order valence-corrected chi connectivity index (χ0v) is 16.0. The van der Waals surface area contributed by atoms with Gasteiger partial charge in [0.15, 0.2) is 15.5 Å². The van der Waals surface area contributed by atoms with E-state index >= 15 is 0 Å². The molecule has 3 aromatic rings. The third kappa shape index (κ3) is 3.19. The predicted octanol–water partition coefficient (Wildman–Crippen LogP) is 2.43. The molecule has 0 bridgehead atoms. The van der Waals surface area contributed by atoms with Crippen molar-refractivity contribution in [3.8, 4) is 0 Å². The van der Waals surface area contributed by atoms with Crippen LogP contribution in [0.2, 0.25) is 0 Å². The standard InChI is InChI=1S/C18H19N5O4S/c1-28(26,27)15-8-4-7-14(17(15)23(24)25)21-10-5-6-13(12-21)18-20-19-16-9-2-3-11-22(16)18/h2-4,7-9,11,13H,5-6,10,12H2,1H3. The van der Waals surface area contributed by atoms with E-state index in [9.17, 15) is 18.5 Å². The van der Waals surface area contributed by atoms with Crippen molar-refractivity contribution in [1.82, 2.24) is 14.6 Å². The van der Waals surface area contributed by atoms with Crippen molar-refractivity contribution in [3.63, 3.8) is 0 Å². The number of hydrogen-bond acceptors (Lipinski definition) is 7. The van der Waals surface area contributed by atoms with Gasteiger partial charge >= 0.3 is 5.69 Å². The minimum Gasteiger partial charge on any atom is -0.365 e. The van der Waals surface area contributed by atoms with Crippen LogP contribution in [-0.2, 0) is 9.84 Å². The fourth-order valence-electron chi connectivity index (χ4n) is 3.79. The lowest BCUT2D eigenvalue weighted by Gasteiger charge is -2.33. The SMILES string of the molecule is CS(=O)(=O)c1cccc(N2CCCC(c3nnc4ccccn34)C2)c1[N+](=O)[O-]. The van der Waals surface area contributed by atoms with Gasteiger partial charge in [0.2, 0.25) is 0 Å². The summed E-state index contributed by atoms with van der Waals surface area (Å²) in [6.07, 6.45) is 4.58. The van der Waals surface area contributed by atoms with Gasteiger partial charge in [-0.25, -0.2) is 8.42 Å². The highest BCUT2D eigenvalue weighted by molar-refractivity contribution is 7.90. The lowest BCUT2D eigenvalue weighted by Crippen LogP contribution is -2.35. The molecular formula is C18H19N5O4S. The maximum absolute atomic E-state index is 12.0. The van der Waals surface area contributed by atoms with E-state index in [-0.39, 0.29) is 16.5 Å². The zero-order valence-electron chi connectivity index (χ0n) is 15.2. The van der Waals surface area contributed by atoms with Gasteiger partial charge in [-0.1, -0.05) is 12.1 Å². The molecule has 1 fully saturated rings. The first kappa shape index (κ1) is 18.4. The Morgan fingerprint density at radius 2 is 2.00 bits per heavy atom. The molecular weight excluding hydrogens is 382 g/mol. The van der Waals surface area contributed by atoms with Crippen LogP contribution in [-0.4, -0.2) is 47.3 Å². The van der Waals surface area contributed by atoms with Crippen molar-refractivity contribution in [2.45, 2.75) is 23.7 Å². The minimum atomic E-state index is -3.72. The number of rotatable bonds is 4. The maximum atomic E-state index is 12.0. The van der Waals surface area contributed by atoms with E-state index in [1.807, 2.05) is 33.7 Å². The van der Waals surface area contributed by atoms with Crippen molar-refractivity contribution in [2.75, 3.05) is 24.2 Å². The Kier molecular flexibility index (Phi) is 4.50. The van der Waals surface area contributed by atoms with E-state index in [0.29, 0.717) is 18.8 Å². The third-order valence-electron chi connectivity index (χ3n) is 5.03. The number of nitro groups is 1. The Bertz CT molecular complexity index is 1160. The molecule has 28 heavy (non-hydrogen) atoms. The molecule has 4 rings (SSSR count). The van der Waals surface area contributed by atoms with Gasteiger partial charge < -0.3 is 4.90 Å². The molecule has 0 N–H and O–H groups in total. The summed E-state index contributed by atoms with van der Waals surface area (Å²) in [7, 11) is -3.72. The van der Waals surface area contributed by atoms with Gasteiger partial charge in [0.25, 0.3) is 0 Å². The topological polar surface area (TPSA) is 111 Å². The molecule has 1 aliphatic heterocycles. The molecule has 10 heteroatoms. The van der Waals surface area contributed by atoms with Crippen molar-refractivity contribution in [3.05, 3.63) is 58.5 Å². The largest absolute Gasteiger partial charge is 0.365 e. The van der Waals surface area contributed by atoms with Crippen molar-refractivity contribution < 1.29 is 13.3 Å². The van der Waals surface area contributed by atoms with Crippen LogP contribution in [0.3, 0.4) is 0 Å². The van der Waals surface area contributed by atoms with Crippen molar-refractivity contribution in [1.29, 1.82) is 0 Å². The highest BCUT2D eigenvalue weighted by atomic mass is 32.2. The van der Waals surface area contributed by atoms with E-state index in [4.69, 9.17) is 0 Å². The third-order valence-corrected chi connectivity index (χ3v) is 6.16. The van der Waals surface area contributed by atoms with Gasteiger partial charge in [-0.2, -0.15) is 0 Å². The Balaban J connectivity index is 1.74. The summed E-state index contributed by atoms with van der Waals surface area (Å²) in [5, 5.41) is 20.2. The summed E-state index contributed by atoms with van der Waals surface area (Å²) in [5.41, 5.74) is 0.711. The molecule has 2 aromatic heterocycles. The summed E-state index contributed by atoms with van der Waals surface area (Å²) in [6, 6.07) is 10.1. The van der Waals surface area contributed by atoms with Crippen LogP contribution in [0.25, 0.3) is 5.65 Å². The first-order valence-corrected chi connectivity index (χ1v) is 10.8. The van der Waals surface area contributed by atoms with Crippen LogP contribution in [0.4, 0.5) is 11.4 Å². The molecule has 0 saturated carbocycles. The molecule has 0 aliphatic carbocycles. The van der Waals surface area contributed by atoms with Crippen molar-refractivity contribution >= 4 is 26.9 Å². The normalized spacial score (nSPS) is 17.8. The Morgan fingerprint density at radius 3 is 2.75 bits per heavy atom. The molecule has 1 aliphatic rings. The van der Waals surface area contributed by atoms with E-state index in [1.165, 1.54) is 6.07 Å². The number of benzene rings is 1. The number of aromatic nitrogens is 3.